The van der Waals surface area contributed by atoms with Crippen molar-refractivity contribution in [3.8, 4) is 11.1 Å². The number of nitrogens with two attached hydrogens (primary N) is 1. The maximum absolute atomic E-state index is 14.3. The van der Waals surface area contributed by atoms with E-state index in [4.69, 9.17) is 31.9 Å². The number of aromatic nitrogens is 4. The Labute approximate surface area is 254 Å². The molecule has 1 saturated heterocycles. The third-order valence-electron chi connectivity index (χ3n) is 7.64. The molecule has 0 spiro atoms. The van der Waals surface area contributed by atoms with E-state index in [1.165, 1.54) is 6.33 Å². The first-order valence-electron chi connectivity index (χ1n) is 13.4. The standard InChI is InChI=1S/C29H28ClN7O2.2CH2O/c1-18-10-22(30)12-23(11-18)36-27(39)29(2,13-19-5-7-20(8-6-19)21-14-32-17-33-15-21)37-25(16-34-28(36)37)35-9-3-4-24(35)26(31)38;2*1-2/h5-8,10-12,14-17,24H,3-4,9,13H2,1-2H3,(H2,31,38);2*1H2/t24-,29+;;/m0../s1. The van der Waals surface area contributed by atoms with Gasteiger partial charge in [-0.05, 0) is 61.6 Å². The van der Waals surface area contributed by atoms with Gasteiger partial charge in [-0.25, -0.2) is 19.9 Å². The minimum absolute atomic E-state index is 0.121. The maximum Gasteiger partial charge on any atom is 0.260 e. The summed E-state index contributed by atoms with van der Waals surface area (Å²) in [7, 11) is 0. The van der Waals surface area contributed by atoms with Crippen LogP contribution in [0, 0.1) is 6.92 Å². The Morgan fingerprint density at radius 1 is 1.05 bits per heavy atom. The Hall–Kier alpha value is -4.90. The Kier molecular flexibility index (Phi) is 9.35. The number of imidazole rings is 1. The molecule has 2 aromatic heterocycles. The fourth-order valence-corrected chi connectivity index (χ4v) is 6.11. The van der Waals surface area contributed by atoms with E-state index < -0.39 is 11.6 Å². The summed E-state index contributed by atoms with van der Waals surface area (Å²) in [6.07, 6.45) is 8.70. The van der Waals surface area contributed by atoms with Gasteiger partial charge < -0.3 is 20.2 Å². The highest BCUT2D eigenvalue weighted by atomic mass is 35.5. The van der Waals surface area contributed by atoms with Crippen LogP contribution in [0.5, 0.6) is 0 Å². The molecule has 2 aliphatic rings. The van der Waals surface area contributed by atoms with Crippen molar-refractivity contribution in [1.29, 1.82) is 0 Å². The zero-order valence-corrected chi connectivity index (χ0v) is 24.7. The van der Waals surface area contributed by atoms with Gasteiger partial charge in [0.25, 0.3) is 5.91 Å². The SMILES string of the molecule is C=O.C=O.Cc1cc(Cl)cc(N2C(=O)[C@@](C)(Cc3ccc(-c4cncnc4)cc3)n3c(N4CCC[C@H]4C(N)=O)cnc32)c1. The van der Waals surface area contributed by atoms with Crippen molar-refractivity contribution in [2.24, 2.45) is 5.73 Å². The molecule has 4 heterocycles. The van der Waals surface area contributed by atoms with Crippen molar-refractivity contribution in [2.75, 3.05) is 16.3 Å². The van der Waals surface area contributed by atoms with Gasteiger partial charge in [0.1, 0.15) is 37.3 Å². The van der Waals surface area contributed by atoms with Gasteiger partial charge in [0.2, 0.25) is 11.9 Å². The number of aryl methyl sites for hydroxylation is 1. The summed E-state index contributed by atoms with van der Waals surface area (Å²) in [5.74, 6) is 0.703. The molecule has 2 aromatic carbocycles. The van der Waals surface area contributed by atoms with Gasteiger partial charge in [0.15, 0.2) is 0 Å². The van der Waals surface area contributed by atoms with Crippen LogP contribution in [0.15, 0.2) is 67.4 Å². The van der Waals surface area contributed by atoms with Crippen LogP contribution < -0.4 is 15.5 Å². The van der Waals surface area contributed by atoms with E-state index in [0.29, 0.717) is 41.9 Å². The third-order valence-corrected chi connectivity index (χ3v) is 7.86. The van der Waals surface area contributed by atoms with E-state index in [1.807, 2.05) is 73.3 Å². The number of anilines is 3. The molecular weight excluding hydrogens is 570 g/mol. The Bertz CT molecular complexity index is 1590. The van der Waals surface area contributed by atoms with Crippen LogP contribution in [0.3, 0.4) is 0 Å². The summed E-state index contributed by atoms with van der Waals surface area (Å²) in [5.41, 5.74) is 9.22. The molecule has 2 amide bonds. The molecule has 4 aromatic rings. The van der Waals surface area contributed by atoms with Crippen molar-refractivity contribution >= 4 is 54.4 Å². The van der Waals surface area contributed by atoms with E-state index in [9.17, 15) is 9.59 Å². The largest absolute Gasteiger partial charge is 0.368 e. The number of fused-ring (bicyclic) bond motifs is 1. The number of rotatable bonds is 6. The number of nitrogens with zero attached hydrogens (tertiary/aromatic N) is 6. The molecule has 0 unspecified atom stereocenters. The molecular formula is C31H32ClN7O4. The number of carbonyl (C=O) groups is 4. The monoisotopic (exact) mass is 601 g/mol. The van der Waals surface area contributed by atoms with Crippen molar-refractivity contribution in [2.45, 2.75) is 44.7 Å². The van der Waals surface area contributed by atoms with E-state index in [2.05, 4.69) is 9.97 Å². The van der Waals surface area contributed by atoms with E-state index in [1.54, 1.807) is 29.6 Å². The zero-order chi connectivity index (χ0) is 31.3. The number of carbonyl (C=O) groups excluding carboxylic acids is 4. The number of halogens is 1. The normalized spacial score (nSPS) is 18.8. The lowest BCUT2D eigenvalue weighted by molar-refractivity contribution is -0.123. The van der Waals surface area contributed by atoms with Gasteiger partial charge in [-0.2, -0.15) is 0 Å². The second-order valence-corrected chi connectivity index (χ2v) is 10.8. The second-order valence-electron chi connectivity index (χ2n) is 10.4. The van der Waals surface area contributed by atoms with Crippen LogP contribution in [0.25, 0.3) is 11.1 Å². The van der Waals surface area contributed by atoms with Crippen molar-refractivity contribution in [3.63, 3.8) is 0 Å². The van der Waals surface area contributed by atoms with Crippen LogP contribution in [0.4, 0.5) is 17.5 Å². The van der Waals surface area contributed by atoms with Gasteiger partial charge in [0, 0.05) is 35.9 Å². The Balaban J connectivity index is 0.00000102. The molecule has 0 aliphatic carbocycles. The second kappa shape index (κ2) is 13.0. The van der Waals surface area contributed by atoms with E-state index in [0.717, 1.165) is 28.7 Å². The summed E-state index contributed by atoms with van der Waals surface area (Å²) in [4.78, 5) is 59.2. The molecule has 1 fully saturated rings. The van der Waals surface area contributed by atoms with Gasteiger partial charge in [-0.3, -0.25) is 14.2 Å². The third kappa shape index (κ3) is 5.76. The highest BCUT2D eigenvalue weighted by Crippen LogP contribution is 2.46. The van der Waals surface area contributed by atoms with Gasteiger partial charge in [-0.15, -0.1) is 0 Å². The molecule has 2 atom stereocenters. The first kappa shape index (κ1) is 31.0. The summed E-state index contributed by atoms with van der Waals surface area (Å²) >= 11 is 6.40. The highest BCUT2D eigenvalue weighted by Gasteiger charge is 2.51. The van der Waals surface area contributed by atoms with Crippen molar-refractivity contribution in [3.05, 3.63) is 83.5 Å². The molecule has 12 heteroatoms. The summed E-state index contributed by atoms with van der Waals surface area (Å²) in [5, 5.41) is 0.540. The van der Waals surface area contributed by atoms with Crippen LogP contribution in [0.2, 0.25) is 5.02 Å². The lowest BCUT2D eigenvalue weighted by Crippen LogP contribution is -2.45. The first-order chi connectivity index (χ1) is 20.8. The van der Waals surface area contributed by atoms with Gasteiger partial charge in [0.05, 0.1) is 11.9 Å². The minimum atomic E-state index is -1.01. The highest BCUT2D eigenvalue weighted by molar-refractivity contribution is 6.31. The van der Waals surface area contributed by atoms with E-state index in [-0.39, 0.29) is 11.8 Å². The van der Waals surface area contributed by atoms with Crippen molar-refractivity contribution in [1.82, 2.24) is 19.5 Å². The quantitative estimate of drug-likeness (QED) is 0.349. The number of amides is 2. The van der Waals surface area contributed by atoms with Crippen LogP contribution in [-0.2, 0) is 31.1 Å². The van der Waals surface area contributed by atoms with Gasteiger partial charge in [-0.1, -0.05) is 35.9 Å². The molecule has 11 nitrogen and oxygen atoms in total. The van der Waals surface area contributed by atoms with Crippen molar-refractivity contribution < 1.29 is 19.2 Å². The fraction of sp³-hybridized carbons (Fsp3) is 0.258. The predicted octanol–water partition coefficient (Wildman–Crippen LogP) is 4.02. The molecule has 6 rings (SSSR count). The predicted molar refractivity (Wildman–Crippen MR) is 164 cm³/mol. The summed E-state index contributed by atoms with van der Waals surface area (Å²) < 4.78 is 1.96. The molecule has 2 N–H and O–H groups in total. The molecule has 43 heavy (non-hydrogen) atoms. The van der Waals surface area contributed by atoms with Crippen LogP contribution >= 0.6 is 11.6 Å². The number of hydrogen-bond acceptors (Lipinski definition) is 8. The van der Waals surface area contributed by atoms with Gasteiger partial charge >= 0.3 is 0 Å². The molecule has 0 radical (unpaired) electrons. The Morgan fingerprint density at radius 2 is 1.72 bits per heavy atom. The van der Waals surface area contributed by atoms with Crippen LogP contribution in [-0.4, -0.2) is 57.5 Å². The Morgan fingerprint density at radius 3 is 2.35 bits per heavy atom. The van der Waals surface area contributed by atoms with Crippen LogP contribution in [0.1, 0.15) is 30.9 Å². The fourth-order valence-electron chi connectivity index (χ4n) is 5.83. The average Bonchev–Trinajstić information content (AvgIpc) is 3.72. The number of primary amides is 1. The lowest BCUT2D eigenvalue weighted by atomic mass is 9.91. The molecule has 0 bridgehead atoms. The summed E-state index contributed by atoms with van der Waals surface area (Å²) in [6.45, 7) is 8.52. The average molecular weight is 602 g/mol. The minimum Gasteiger partial charge on any atom is -0.368 e. The zero-order valence-electron chi connectivity index (χ0n) is 23.9. The maximum atomic E-state index is 14.3. The topological polar surface area (TPSA) is 144 Å². The lowest BCUT2D eigenvalue weighted by Gasteiger charge is -2.31. The smallest absolute Gasteiger partial charge is 0.260 e. The molecule has 0 saturated carbocycles. The summed E-state index contributed by atoms with van der Waals surface area (Å²) in [6, 6.07) is 13.2. The first-order valence-corrected chi connectivity index (χ1v) is 13.8. The van der Waals surface area contributed by atoms with E-state index >= 15 is 0 Å². The number of benzene rings is 2. The molecule has 2 aliphatic heterocycles. The molecule has 222 valence electrons. The number of hydrogen-bond donors (Lipinski definition) is 1.